The molecule has 5 rings (SSSR count). The predicted octanol–water partition coefficient (Wildman–Crippen LogP) is 1.47. The smallest absolute Gasteiger partial charge is 0.253 e. The first-order valence-electron chi connectivity index (χ1n) is 12.6. The third-order valence-electron chi connectivity index (χ3n) is 6.64. The van der Waals surface area contributed by atoms with Crippen molar-refractivity contribution in [2.24, 2.45) is 0 Å². The summed E-state index contributed by atoms with van der Waals surface area (Å²) < 4.78 is 11.4. The number of nitrogens with one attached hydrogen (secondary N) is 3. The quantitative estimate of drug-likeness (QED) is 0.260. The first-order chi connectivity index (χ1) is 18.9. The minimum atomic E-state index is -0.990. The van der Waals surface area contributed by atoms with Crippen LogP contribution < -0.4 is 20.7 Å². The van der Waals surface area contributed by atoms with Gasteiger partial charge in [0, 0.05) is 31.3 Å². The topological polar surface area (TPSA) is 168 Å². The van der Waals surface area contributed by atoms with Gasteiger partial charge in [-0.25, -0.2) is 9.97 Å². The fourth-order valence-corrected chi connectivity index (χ4v) is 5.41. The number of anilines is 2. The lowest BCUT2D eigenvalue weighted by atomic mass is 9.94. The van der Waals surface area contributed by atoms with Crippen LogP contribution in [0.4, 0.5) is 11.5 Å². The predicted molar refractivity (Wildman–Crippen MR) is 145 cm³/mol. The number of ether oxygens (including phenoxy) is 2. The highest BCUT2D eigenvalue weighted by Crippen LogP contribution is 2.30. The number of pyridine rings is 3. The second-order valence-electron chi connectivity index (χ2n) is 9.36. The second kappa shape index (κ2) is 12.2. The fourth-order valence-electron chi connectivity index (χ4n) is 4.65. The highest BCUT2D eigenvalue weighted by molar-refractivity contribution is 8.00. The summed E-state index contributed by atoms with van der Waals surface area (Å²) in [6.45, 7) is -0.00930. The third-order valence-corrected chi connectivity index (χ3v) is 7.69. The second-order valence-corrected chi connectivity index (χ2v) is 10.4. The Morgan fingerprint density at radius 3 is 2.95 bits per heavy atom. The van der Waals surface area contributed by atoms with Crippen molar-refractivity contribution in [3.8, 4) is 5.88 Å². The maximum absolute atomic E-state index is 13.2. The van der Waals surface area contributed by atoms with Crippen LogP contribution in [0.2, 0.25) is 0 Å². The van der Waals surface area contributed by atoms with Crippen molar-refractivity contribution >= 4 is 46.1 Å². The monoisotopic (exact) mass is 554 g/mol. The van der Waals surface area contributed by atoms with Gasteiger partial charge < -0.3 is 35.6 Å². The zero-order chi connectivity index (χ0) is 27.4. The Kier molecular flexibility index (Phi) is 8.53. The molecule has 2 amide bonds. The Morgan fingerprint density at radius 2 is 2.13 bits per heavy atom. The average Bonchev–Trinajstić information content (AvgIpc) is 2.96. The molecular formula is C26H30N6O6S. The Hall–Kier alpha value is -3.36. The van der Waals surface area contributed by atoms with Crippen molar-refractivity contribution in [1.82, 2.24) is 20.3 Å². The SMILES string of the molecule is COc1ccc2nccc(NC(=O)[C@@H]3CC[C@@H](NCc4ccc5c(n4)NC(=O)CS5)[C@@H](C[C@@H](O)CO)O3)c2n1. The molecule has 5 heterocycles. The van der Waals surface area contributed by atoms with E-state index in [-0.39, 0.29) is 24.3 Å². The molecule has 39 heavy (non-hydrogen) atoms. The van der Waals surface area contributed by atoms with Gasteiger partial charge >= 0.3 is 0 Å². The molecule has 0 saturated carbocycles. The lowest BCUT2D eigenvalue weighted by molar-refractivity contribution is -0.142. The highest BCUT2D eigenvalue weighted by atomic mass is 32.2. The van der Waals surface area contributed by atoms with Crippen molar-refractivity contribution < 1.29 is 29.3 Å². The van der Waals surface area contributed by atoms with E-state index in [1.807, 2.05) is 12.1 Å². The van der Waals surface area contributed by atoms with Gasteiger partial charge in [-0.1, -0.05) is 0 Å². The molecule has 3 aromatic heterocycles. The number of hydrogen-bond acceptors (Lipinski definition) is 11. The van der Waals surface area contributed by atoms with Crippen LogP contribution in [0.5, 0.6) is 5.88 Å². The summed E-state index contributed by atoms with van der Waals surface area (Å²) in [6.07, 6.45) is 0.502. The van der Waals surface area contributed by atoms with E-state index in [9.17, 15) is 19.8 Å². The molecule has 0 unspecified atom stereocenters. The summed E-state index contributed by atoms with van der Waals surface area (Å²) in [7, 11) is 1.52. The van der Waals surface area contributed by atoms with Crippen molar-refractivity contribution in [3.05, 3.63) is 42.2 Å². The van der Waals surface area contributed by atoms with Gasteiger partial charge in [-0.05, 0) is 37.1 Å². The van der Waals surface area contributed by atoms with Gasteiger partial charge in [-0.15, -0.1) is 11.8 Å². The van der Waals surface area contributed by atoms with E-state index in [2.05, 4.69) is 30.9 Å². The number of aliphatic hydroxyl groups is 2. The molecule has 2 aliphatic rings. The molecule has 0 aromatic carbocycles. The number of fused-ring (bicyclic) bond motifs is 2. The number of amides is 2. The van der Waals surface area contributed by atoms with Crippen molar-refractivity contribution in [3.63, 3.8) is 0 Å². The van der Waals surface area contributed by atoms with Crippen LogP contribution in [0, 0.1) is 0 Å². The number of hydrogen-bond donors (Lipinski definition) is 5. The first-order valence-corrected chi connectivity index (χ1v) is 13.6. The van der Waals surface area contributed by atoms with Crippen molar-refractivity contribution in [1.29, 1.82) is 0 Å². The summed E-state index contributed by atoms with van der Waals surface area (Å²) in [5.41, 5.74) is 2.34. The van der Waals surface area contributed by atoms with E-state index < -0.39 is 24.9 Å². The van der Waals surface area contributed by atoms with Gasteiger partial charge in [0.25, 0.3) is 5.91 Å². The number of rotatable bonds is 9. The maximum Gasteiger partial charge on any atom is 0.253 e. The van der Waals surface area contributed by atoms with E-state index in [4.69, 9.17) is 9.47 Å². The first kappa shape index (κ1) is 27.2. The molecule has 2 aliphatic heterocycles. The van der Waals surface area contributed by atoms with Crippen LogP contribution in [-0.2, 0) is 20.9 Å². The molecule has 0 bridgehead atoms. The third kappa shape index (κ3) is 6.45. The van der Waals surface area contributed by atoms with Gasteiger partial charge in [-0.3, -0.25) is 14.6 Å². The molecule has 3 aromatic rings. The van der Waals surface area contributed by atoms with Gasteiger partial charge in [0.1, 0.15) is 17.4 Å². The number of nitrogens with zero attached hydrogens (tertiary/aromatic N) is 3. The molecule has 13 heteroatoms. The Balaban J connectivity index is 1.26. The van der Waals surface area contributed by atoms with Crippen LogP contribution >= 0.6 is 11.8 Å². The van der Waals surface area contributed by atoms with Crippen LogP contribution in [-0.4, -0.2) is 80.8 Å². The zero-order valence-electron chi connectivity index (χ0n) is 21.3. The van der Waals surface area contributed by atoms with Crippen molar-refractivity contribution in [2.45, 2.75) is 55.1 Å². The molecule has 0 radical (unpaired) electrons. The van der Waals surface area contributed by atoms with Gasteiger partial charge in [-0.2, -0.15) is 0 Å². The molecule has 0 spiro atoms. The minimum absolute atomic E-state index is 0.0807. The number of aromatic nitrogens is 3. The summed E-state index contributed by atoms with van der Waals surface area (Å²) in [4.78, 5) is 39.1. The number of methoxy groups -OCH3 is 1. The van der Waals surface area contributed by atoms with E-state index in [0.29, 0.717) is 53.6 Å². The van der Waals surface area contributed by atoms with Crippen LogP contribution in [0.25, 0.3) is 11.0 Å². The van der Waals surface area contributed by atoms with Crippen LogP contribution in [0.1, 0.15) is 25.0 Å². The van der Waals surface area contributed by atoms with Gasteiger partial charge in [0.05, 0.1) is 53.5 Å². The van der Waals surface area contributed by atoms with E-state index >= 15 is 0 Å². The number of thioether (sulfide) groups is 1. The lowest BCUT2D eigenvalue weighted by Gasteiger charge is -2.37. The number of carbonyl (C=O) groups excluding carboxylic acids is 2. The molecular weight excluding hydrogens is 524 g/mol. The summed E-state index contributed by atoms with van der Waals surface area (Å²) >= 11 is 1.45. The van der Waals surface area contributed by atoms with Gasteiger partial charge in [0.2, 0.25) is 11.8 Å². The Bertz CT molecular complexity index is 1360. The van der Waals surface area contributed by atoms with E-state index in [0.717, 1.165) is 10.6 Å². The lowest BCUT2D eigenvalue weighted by Crippen LogP contribution is -2.51. The Labute approximate surface area is 228 Å². The molecule has 5 N–H and O–H groups in total. The summed E-state index contributed by atoms with van der Waals surface area (Å²) in [5.74, 6) is 0.912. The maximum atomic E-state index is 13.2. The normalized spacial score (nSPS) is 21.6. The fraction of sp³-hybridized carbons (Fsp3) is 0.423. The summed E-state index contributed by atoms with van der Waals surface area (Å²) in [6, 6.07) is 8.77. The van der Waals surface area contributed by atoms with Crippen molar-refractivity contribution in [2.75, 3.05) is 30.1 Å². The van der Waals surface area contributed by atoms with Crippen LogP contribution in [0.15, 0.2) is 41.4 Å². The molecule has 12 nitrogen and oxygen atoms in total. The van der Waals surface area contributed by atoms with E-state index in [1.165, 1.54) is 18.9 Å². The molecule has 1 saturated heterocycles. The molecule has 0 aliphatic carbocycles. The van der Waals surface area contributed by atoms with E-state index in [1.54, 1.807) is 24.4 Å². The highest BCUT2D eigenvalue weighted by Gasteiger charge is 2.36. The summed E-state index contributed by atoms with van der Waals surface area (Å²) in [5, 5.41) is 28.7. The average molecular weight is 555 g/mol. The minimum Gasteiger partial charge on any atom is -0.481 e. The molecule has 4 atom stereocenters. The van der Waals surface area contributed by atoms with Gasteiger partial charge in [0.15, 0.2) is 0 Å². The number of aliphatic hydroxyl groups excluding tert-OH is 2. The zero-order valence-corrected chi connectivity index (χ0v) is 22.1. The van der Waals surface area contributed by atoms with Crippen LogP contribution in [0.3, 0.4) is 0 Å². The molecule has 1 fully saturated rings. The Morgan fingerprint density at radius 1 is 1.26 bits per heavy atom. The largest absolute Gasteiger partial charge is 0.481 e. The standard InChI is InChI=1S/C26H30N6O6S/c1-37-23-7-4-17-24(32-23)18(8-9-27-17)30-26(36)19-5-3-16(20(38-19)10-15(34)12-33)28-11-14-2-6-21-25(29-14)31-22(35)13-39-21/h2,4,6-9,15-16,19-20,28,33-34H,3,5,10-13H2,1H3,(H,27,30,36)(H,29,31,35)/t15-,16-,19+,20-/m1/s1. The number of carbonyl (C=O) groups is 2. The molecule has 206 valence electrons.